The van der Waals surface area contributed by atoms with Gasteiger partial charge in [0.1, 0.15) is 18.2 Å². The fourth-order valence-corrected chi connectivity index (χ4v) is 4.66. The predicted octanol–water partition coefficient (Wildman–Crippen LogP) is 5.32. The molecule has 0 radical (unpaired) electrons. The lowest BCUT2D eigenvalue weighted by Gasteiger charge is -2.32. The number of amides is 2. The summed E-state index contributed by atoms with van der Waals surface area (Å²) < 4.78 is 19.1. The zero-order valence-electron chi connectivity index (χ0n) is 21.2. The number of rotatable bonds is 11. The van der Waals surface area contributed by atoms with Crippen LogP contribution >= 0.6 is 0 Å². The van der Waals surface area contributed by atoms with E-state index in [1.54, 1.807) is 6.07 Å². The van der Waals surface area contributed by atoms with Crippen molar-refractivity contribution in [3.8, 4) is 5.75 Å². The number of carbonyl (C=O) groups excluding carboxylic acids is 2. The second kappa shape index (κ2) is 13.6. The molecule has 6 heteroatoms. The Balaban J connectivity index is 1.09. The second-order valence-corrected chi connectivity index (χ2v) is 9.68. The molecule has 5 nitrogen and oxygen atoms in total. The maximum Gasteiger partial charge on any atom is 0.222 e. The van der Waals surface area contributed by atoms with E-state index in [0.717, 1.165) is 41.7 Å². The molecule has 4 rings (SSSR count). The van der Waals surface area contributed by atoms with E-state index in [1.165, 1.54) is 12.1 Å². The standard InChI is InChI=1S/C31H35FN2O3/c32-28-8-4-7-25(21-28)11-14-31(36)34-19-16-26(17-20-34)22-30(35)33-18-15-24-9-12-29(13-10-24)37-23-27-5-2-1-3-6-27/h1-10,12-13,21,26H,11,14-20,22-23H2,(H,33,35). The molecule has 0 aromatic heterocycles. The lowest BCUT2D eigenvalue weighted by Crippen LogP contribution is -2.39. The van der Waals surface area contributed by atoms with Crippen LogP contribution in [0.2, 0.25) is 0 Å². The molecule has 0 spiro atoms. The molecule has 37 heavy (non-hydrogen) atoms. The number of carbonyl (C=O) groups is 2. The molecule has 1 saturated heterocycles. The quantitative estimate of drug-likeness (QED) is 0.386. The molecular formula is C31H35FN2O3. The Morgan fingerprint density at radius 3 is 2.32 bits per heavy atom. The van der Waals surface area contributed by atoms with Gasteiger partial charge < -0.3 is 15.0 Å². The van der Waals surface area contributed by atoms with Crippen LogP contribution in [-0.2, 0) is 29.0 Å². The van der Waals surface area contributed by atoms with Crippen molar-refractivity contribution in [3.05, 3.63) is 101 Å². The average molecular weight is 503 g/mol. The number of nitrogens with zero attached hydrogens (tertiary/aromatic N) is 1. The van der Waals surface area contributed by atoms with Crippen LogP contribution in [0.25, 0.3) is 0 Å². The van der Waals surface area contributed by atoms with Gasteiger partial charge in [-0.15, -0.1) is 0 Å². The first kappa shape index (κ1) is 26.4. The van der Waals surface area contributed by atoms with Crippen molar-refractivity contribution in [1.29, 1.82) is 0 Å². The maximum absolute atomic E-state index is 13.3. The zero-order valence-corrected chi connectivity index (χ0v) is 21.2. The Bertz CT molecular complexity index is 1140. The first-order valence-corrected chi connectivity index (χ1v) is 13.1. The summed E-state index contributed by atoms with van der Waals surface area (Å²) in [5.41, 5.74) is 3.12. The molecule has 194 valence electrons. The van der Waals surface area contributed by atoms with Crippen LogP contribution < -0.4 is 10.1 Å². The van der Waals surface area contributed by atoms with E-state index < -0.39 is 0 Å². The highest BCUT2D eigenvalue weighted by Gasteiger charge is 2.24. The van der Waals surface area contributed by atoms with Crippen LogP contribution in [-0.4, -0.2) is 36.3 Å². The SMILES string of the molecule is O=C(CC1CCN(C(=O)CCc2cccc(F)c2)CC1)NCCc1ccc(OCc2ccccc2)cc1. The summed E-state index contributed by atoms with van der Waals surface area (Å²) in [7, 11) is 0. The molecular weight excluding hydrogens is 467 g/mol. The van der Waals surface area contributed by atoms with Gasteiger partial charge in [-0.25, -0.2) is 4.39 Å². The number of hydrogen-bond donors (Lipinski definition) is 1. The molecule has 0 unspecified atom stereocenters. The van der Waals surface area contributed by atoms with Crippen molar-refractivity contribution >= 4 is 11.8 Å². The van der Waals surface area contributed by atoms with Gasteiger partial charge in [0.2, 0.25) is 11.8 Å². The largest absolute Gasteiger partial charge is 0.489 e. The number of halogens is 1. The van der Waals surface area contributed by atoms with Crippen molar-refractivity contribution in [3.63, 3.8) is 0 Å². The first-order valence-electron chi connectivity index (χ1n) is 13.1. The van der Waals surface area contributed by atoms with Gasteiger partial charge in [0, 0.05) is 32.5 Å². The van der Waals surface area contributed by atoms with E-state index in [4.69, 9.17) is 4.74 Å². The second-order valence-electron chi connectivity index (χ2n) is 9.68. The van der Waals surface area contributed by atoms with Gasteiger partial charge in [-0.1, -0.05) is 54.6 Å². The van der Waals surface area contributed by atoms with E-state index in [2.05, 4.69) is 5.32 Å². The normalized spacial score (nSPS) is 13.8. The smallest absolute Gasteiger partial charge is 0.222 e. The molecule has 3 aromatic carbocycles. The van der Waals surface area contributed by atoms with E-state index in [-0.39, 0.29) is 17.6 Å². The molecule has 0 saturated carbocycles. The average Bonchev–Trinajstić information content (AvgIpc) is 2.92. The molecule has 0 atom stereocenters. The highest BCUT2D eigenvalue weighted by atomic mass is 19.1. The van der Waals surface area contributed by atoms with Gasteiger partial charge in [-0.3, -0.25) is 9.59 Å². The lowest BCUT2D eigenvalue weighted by atomic mass is 9.93. The van der Waals surface area contributed by atoms with Gasteiger partial charge >= 0.3 is 0 Å². The van der Waals surface area contributed by atoms with Crippen molar-refractivity contribution in [1.82, 2.24) is 10.2 Å². The maximum atomic E-state index is 13.3. The Labute approximate surface area is 218 Å². The van der Waals surface area contributed by atoms with Crippen LogP contribution in [0.1, 0.15) is 42.4 Å². The van der Waals surface area contributed by atoms with Crippen LogP contribution in [0, 0.1) is 11.7 Å². The molecule has 0 aliphatic carbocycles. The van der Waals surface area contributed by atoms with Crippen molar-refractivity contribution < 1.29 is 18.7 Å². The van der Waals surface area contributed by atoms with Crippen molar-refractivity contribution in [2.75, 3.05) is 19.6 Å². The zero-order chi connectivity index (χ0) is 25.9. The highest BCUT2D eigenvalue weighted by molar-refractivity contribution is 5.77. The highest BCUT2D eigenvalue weighted by Crippen LogP contribution is 2.21. The van der Waals surface area contributed by atoms with Crippen LogP contribution in [0.5, 0.6) is 5.75 Å². The van der Waals surface area contributed by atoms with Gasteiger partial charge in [-0.05, 0) is 72.6 Å². The third kappa shape index (κ3) is 8.74. The summed E-state index contributed by atoms with van der Waals surface area (Å²) in [6.45, 7) is 2.50. The minimum atomic E-state index is -0.272. The summed E-state index contributed by atoms with van der Waals surface area (Å²) >= 11 is 0. The van der Waals surface area contributed by atoms with E-state index in [0.29, 0.717) is 51.4 Å². The Kier molecular flexibility index (Phi) is 9.69. The van der Waals surface area contributed by atoms with Gasteiger partial charge in [0.25, 0.3) is 0 Å². The summed E-state index contributed by atoms with van der Waals surface area (Å²) in [6.07, 6.45) is 3.87. The Morgan fingerprint density at radius 2 is 1.59 bits per heavy atom. The van der Waals surface area contributed by atoms with Crippen molar-refractivity contribution in [2.24, 2.45) is 5.92 Å². The molecule has 1 heterocycles. The van der Waals surface area contributed by atoms with E-state index in [1.807, 2.05) is 65.6 Å². The fraction of sp³-hybridized carbons (Fsp3) is 0.355. The molecule has 0 bridgehead atoms. The van der Waals surface area contributed by atoms with Crippen LogP contribution in [0.15, 0.2) is 78.9 Å². The summed E-state index contributed by atoms with van der Waals surface area (Å²) in [5, 5.41) is 3.04. The Morgan fingerprint density at radius 1 is 0.865 bits per heavy atom. The minimum Gasteiger partial charge on any atom is -0.489 e. The van der Waals surface area contributed by atoms with E-state index in [9.17, 15) is 14.0 Å². The molecule has 2 amide bonds. The van der Waals surface area contributed by atoms with Gasteiger partial charge in [0.05, 0.1) is 0 Å². The van der Waals surface area contributed by atoms with E-state index >= 15 is 0 Å². The van der Waals surface area contributed by atoms with Crippen LogP contribution in [0.4, 0.5) is 4.39 Å². The summed E-state index contributed by atoms with van der Waals surface area (Å²) in [5.74, 6) is 1.03. The minimum absolute atomic E-state index is 0.0682. The first-order chi connectivity index (χ1) is 18.0. The van der Waals surface area contributed by atoms with Crippen LogP contribution in [0.3, 0.4) is 0 Å². The van der Waals surface area contributed by atoms with Gasteiger partial charge in [0.15, 0.2) is 0 Å². The molecule has 3 aromatic rings. The number of ether oxygens (including phenoxy) is 1. The summed E-state index contributed by atoms with van der Waals surface area (Å²) in [6, 6.07) is 24.5. The Hall–Kier alpha value is -3.67. The number of likely N-dealkylation sites (tertiary alicyclic amines) is 1. The lowest BCUT2D eigenvalue weighted by molar-refractivity contribution is -0.132. The third-order valence-corrected chi connectivity index (χ3v) is 6.87. The molecule has 1 fully saturated rings. The molecule has 1 aliphatic rings. The number of aryl methyl sites for hydroxylation is 1. The number of piperidine rings is 1. The number of hydrogen-bond acceptors (Lipinski definition) is 3. The number of nitrogens with one attached hydrogen (secondary N) is 1. The predicted molar refractivity (Wildman–Crippen MR) is 143 cm³/mol. The van der Waals surface area contributed by atoms with Crippen molar-refractivity contribution in [2.45, 2.75) is 45.1 Å². The summed E-state index contributed by atoms with van der Waals surface area (Å²) in [4.78, 5) is 26.8. The molecule has 1 N–H and O–H groups in total. The topological polar surface area (TPSA) is 58.6 Å². The monoisotopic (exact) mass is 502 g/mol. The number of benzene rings is 3. The third-order valence-electron chi connectivity index (χ3n) is 6.87. The fourth-order valence-electron chi connectivity index (χ4n) is 4.66. The van der Waals surface area contributed by atoms with Gasteiger partial charge in [-0.2, -0.15) is 0 Å². The molecule has 1 aliphatic heterocycles.